The van der Waals surface area contributed by atoms with Gasteiger partial charge < -0.3 is 15.7 Å². The number of carbonyl (C=O) groups is 1. The van der Waals surface area contributed by atoms with Gasteiger partial charge in [0.15, 0.2) is 5.82 Å². The van der Waals surface area contributed by atoms with Gasteiger partial charge in [0, 0.05) is 24.9 Å². The van der Waals surface area contributed by atoms with Crippen molar-refractivity contribution < 1.29 is 9.90 Å². The van der Waals surface area contributed by atoms with E-state index in [4.69, 9.17) is 5.11 Å². The van der Waals surface area contributed by atoms with Crippen molar-refractivity contribution in [1.82, 2.24) is 20.1 Å². The van der Waals surface area contributed by atoms with Gasteiger partial charge in [0.1, 0.15) is 6.33 Å². The van der Waals surface area contributed by atoms with Gasteiger partial charge in [0.25, 0.3) is 0 Å². The lowest BCUT2D eigenvalue weighted by atomic mass is 10.0. The number of aromatic nitrogens is 3. The minimum atomic E-state index is -0.298. The molecular weight excluding hydrogens is 342 g/mol. The summed E-state index contributed by atoms with van der Waals surface area (Å²) in [5.74, 6) is 0.603. The zero-order chi connectivity index (χ0) is 19.1. The number of hydrogen-bond acceptors (Lipinski definition) is 4. The van der Waals surface area contributed by atoms with Gasteiger partial charge >= 0.3 is 6.03 Å². The summed E-state index contributed by atoms with van der Waals surface area (Å²) in [7, 11) is 1.81. The summed E-state index contributed by atoms with van der Waals surface area (Å²) in [6.45, 7) is 0.0890. The molecule has 140 valence electrons. The molecule has 3 rings (SSSR count). The number of rotatable bonds is 7. The Bertz CT molecular complexity index is 879. The first-order chi connectivity index (χ1) is 13.2. The lowest BCUT2D eigenvalue weighted by Crippen LogP contribution is -2.32. The molecule has 0 spiro atoms. The second-order valence-electron chi connectivity index (χ2n) is 6.25. The molecule has 3 aromatic rings. The monoisotopic (exact) mass is 365 g/mol. The van der Waals surface area contributed by atoms with E-state index in [1.54, 1.807) is 11.0 Å². The maximum absolute atomic E-state index is 12.5. The predicted molar refractivity (Wildman–Crippen MR) is 104 cm³/mol. The van der Waals surface area contributed by atoms with Crippen molar-refractivity contribution in [2.75, 3.05) is 11.9 Å². The highest BCUT2D eigenvalue weighted by molar-refractivity contribution is 5.90. The number of aryl methyl sites for hydroxylation is 1. The Labute approximate surface area is 158 Å². The third-order valence-corrected chi connectivity index (χ3v) is 4.14. The van der Waals surface area contributed by atoms with Gasteiger partial charge in [0.05, 0.1) is 6.04 Å². The van der Waals surface area contributed by atoms with Crippen molar-refractivity contribution >= 4 is 11.7 Å². The largest absolute Gasteiger partial charge is 0.396 e. The number of carbonyl (C=O) groups excluding carboxylic acids is 1. The number of nitrogens with zero attached hydrogens (tertiary/aromatic N) is 3. The predicted octanol–water partition coefficient (Wildman–Crippen LogP) is 3.12. The zero-order valence-electron chi connectivity index (χ0n) is 15.2. The van der Waals surface area contributed by atoms with Crippen LogP contribution in [-0.4, -0.2) is 32.5 Å². The second kappa shape index (κ2) is 8.95. The number of nitrogens with one attached hydrogen (secondary N) is 2. The zero-order valence-corrected chi connectivity index (χ0v) is 15.2. The molecule has 1 atom stereocenters. The number of aliphatic hydroxyl groups is 1. The molecule has 0 aliphatic heterocycles. The first kappa shape index (κ1) is 18.6. The Balaban J connectivity index is 1.68. The Morgan fingerprint density at radius 1 is 1.19 bits per heavy atom. The van der Waals surface area contributed by atoms with E-state index in [2.05, 4.69) is 20.7 Å². The van der Waals surface area contributed by atoms with E-state index in [1.165, 1.54) is 0 Å². The molecule has 1 aromatic heterocycles. The van der Waals surface area contributed by atoms with Crippen LogP contribution in [0.15, 0.2) is 60.9 Å². The quantitative estimate of drug-likeness (QED) is 0.600. The Morgan fingerprint density at radius 2 is 2.00 bits per heavy atom. The highest BCUT2D eigenvalue weighted by Gasteiger charge is 2.14. The molecule has 0 fully saturated rings. The van der Waals surface area contributed by atoms with Crippen LogP contribution in [0.4, 0.5) is 10.5 Å². The maximum Gasteiger partial charge on any atom is 0.319 e. The number of hydrogen-bond donors (Lipinski definition) is 3. The van der Waals surface area contributed by atoms with Crippen molar-refractivity contribution in [1.29, 1.82) is 0 Å². The van der Waals surface area contributed by atoms with Crippen molar-refractivity contribution in [3.8, 4) is 11.4 Å². The molecule has 0 saturated heterocycles. The first-order valence-corrected chi connectivity index (χ1v) is 8.85. The van der Waals surface area contributed by atoms with Crippen molar-refractivity contribution in [3.63, 3.8) is 0 Å². The molecule has 0 aliphatic carbocycles. The summed E-state index contributed by atoms with van der Waals surface area (Å²) in [6.07, 6.45) is 2.90. The number of aliphatic hydroxyl groups excluding tert-OH is 1. The molecule has 2 amide bonds. The van der Waals surface area contributed by atoms with E-state index in [0.717, 1.165) is 11.1 Å². The molecule has 0 aliphatic rings. The van der Waals surface area contributed by atoms with Crippen LogP contribution in [0.1, 0.15) is 24.4 Å². The molecule has 2 aromatic carbocycles. The SMILES string of the molecule is Cn1cnc(-c2cccc(NC(=O)N[C@@H](CCCO)c3ccccc3)c2)n1. The summed E-state index contributed by atoms with van der Waals surface area (Å²) in [5, 5.41) is 19.3. The lowest BCUT2D eigenvalue weighted by molar-refractivity contribution is 0.244. The smallest absolute Gasteiger partial charge is 0.319 e. The average molecular weight is 365 g/mol. The summed E-state index contributed by atoms with van der Waals surface area (Å²) in [5.41, 5.74) is 2.49. The molecule has 7 heteroatoms. The summed E-state index contributed by atoms with van der Waals surface area (Å²) >= 11 is 0. The molecule has 0 saturated carbocycles. The van der Waals surface area contributed by atoms with E-state index < -0.39 is 0 Å². The van der Waals surface area contributed by atoms with Crippen molar-refractivity contribution in [2.45, 2.75) is 18.9 Å². The fraction of sp³-hybridized carbons (Fsp3) is 0.250. The van der Waals surface area contributed by atoms with Gasteiger partial charge in [-0.3, -0.25) is 4.68 Å². The fourth-order valence-corrected chi connectivity index (χ4v) is 2.84. The van der Waals surface area contributed by atoms with E-state index in [0.29, 0.717) is 24.4 Å². The Kier molecular flexibility index (Phi) is 6.17. The van der Waals surface area contributed by atoms with E-state index >= 15 is 0 Å². The molecule has 0 unspecified atom stereocenters. The van der Waals surface area contributed by atoms with Gasteiger partial charge in [-0.25, -0.2) is 9.78 Å². The van der Waals surface area contributed by atoms with Crippen LogP contribution < -0.4 is 10.6 Å². The molecule has 0 radical (unpaired) electrons. The maximum atomic E-state index is 12.5. The molecule has 0 bridgehead atoms. The highest BCUT2D eigenvalue weighted by atomic mass is 16.3. The second-order valence-corrected chi connectivity index (χ2v) is 6.25. The summed E-state index contributed by atoms with van der Waals surface area (Å²) in [6, 6.07) is 16.7. The van der Waals surface area contributed by atoms with Gasteiger partial charge in [-0.15, -0.1) is 0 Å². The Hall–Kier alpha value is -3.19. The number of benzene rings is 2. The minimum Gasteiger partial charge on any atom is -0.396 e. The van der Waals surface area contributed by atoms with Crippen LogP contribution in [-0.2, 0) is 7.05 Å². The van der Waals surface area contributed by atoms with Gasteiger partial charge in [-0.1, -0.05) is 42.5 Å². The van der Waals surface area contributed by atoms with Crippen LogP contribution in [0.5, 0.6) is 0 Å². The van der Waals surface area contributed by atoms with E-state index in [-0.39, 0.29) is 18.7 Å². The summed E-state index contributed by atoms with van der Waals surface area (Å²) < 4.78 is 1.63. The van der Waals surface area contributed by atoms with Crippen molar-refractivity contribution in [2.24, 2.45) is 7.05 Å². The van der Waals surface area contributed by atoms with Crippen LogP contribution in [0.2, 0.25) is 0 Å². The third-order valence-electron chi connectivity index (χ3n) is 4.14. The lowest BCUT2D eigenvalue weighted by Gasteiger charge is -2.19. The highest BCUT2D eigenvalue weighted by Crippen LogP contribution is 2.21. The van der Waals surface area contributed by atoms with Crippen LogP contribution >= 0.6 is 0 Å². The molecule has 7 nitrogen and oxygen atoms in total. The van der Waals surface area contributed by atoms with Gasteiger partial charge in [0.2, 0.25) is 0 Å². The summed E-state index contributed by atoms with van der Waals surface area (Å²) in [4.78, 5) is 16.7. The van der Waals surface area contributed by atoms with E-state index in [1.807, 2.05) is 61.6 Å². The Morgan fingerprint density at radius 3 is 2.70 bits per heavy atom. The molecule has 27 heavy (non-hydrogen) atoms. The van der Waals surface area contributed by atoms with Crippen molar-refractivity contribution in [3.05, 3.63) is 66.5 Å². The minimum absolute atomic E-state index is 0.0890. The number of amides is 2. The molecular formula is C20H23N5O2. The third kappa shape index (κ3) is 5.15. The fourth-order valence-electron chi connectivity index (χ4n) is 2.84. The standard InChI is InChI=1S/C20H23N5O2/c1-25-14-21-19(24-25)16-9-5-10-17(13-16)22-20(27)23-18(11-6-12-26)15-7-3-2-4-8-15/h2-5,7-10,13-14,18,26H,6,11-12H2,1H3,(H2,22,23,27)/t18-/m0/s1. The normalized spacial score (nSPS) is 11.8. The number of anilines is 1. The first-order valence-electron chi connectivity index (χ1n) is 8.85. The van der Waals surface area contributed by atoms with Crippen LogP contribution in [0, 0.1) is 0 Å². The van der Waals surface area contributed by atoms with Gasteiger partial charge in [-0.2, -0.15) is 5.10 Å². The van der Waals surface area contributed by atoms with Crippen LogP contribution in [0.3, 0.4) is 0 Å². The average Bonchev–Trinajstić information content (AvgIpc) is 3.12. The molecule has 3 N–H and O–H groups in total. The molecule has 1 heterocycles. The van der Waals surface area contributed by atoms with Gasteiger partial charge in [-0.05, 0) is 30.5 Å². The number of urea groups is 1. The van der Waals surface area contributed by atoms with E-state index in [9.17, 15) is 4.79 Å². The van der Waals surface area contributed by atoms with Crippen LogP contribution in [0.25, 0.3) is 11.4 Å². The topological polar surface area (TPSA) is 92.1 Å².